The lowest BCUT2D eigenvalue weighted by molar-refractivity contribution is 0.0717. The largest absolute Gasteiger partial charge is 0.338 e. The number of likely N-dealkylation sites (tertiary alicyclic amines) is 1. The number of carbonyl (C=O) groups excluding carboxylic acids is 2. The van der Waals surface area contributed by atoms with Crippen molar-refractivity contribution in [2.24, 2.45) is 0 Å². The number of aromatic nitrogens is 2. The average molecular weight is 395 g/mol. The number of carbonyl (C=O) groups is 2. The fourth-order valence-electron chi connectivity index (χ4n) is 3.55. The number of hydrogen-bond acceptors (Lipinski definition) is 4. The van der Waals surface area contributed by atoms with Gasteiger partial charge in [0.15, 0.2) is 5.69 Å². The number of nitrogens with zero attached hydrogens (tertiary/aromatic N) is 3. The van der Waals surface area contributed by atoms with Crippen molar-refractivity contribution in [2.75, 3.05) is 25.0 Å². The summed E-state index contributed by atoms with van der Waals surface area (Å²) in [4.78, 5) is 29.5. The SMILES string of the molecule is CN(C(=O)c1cc(C2CCN(C(=O)c3cccs3)CC2)[nH]n1)c1ccccc1. The lowest BCUT2D eigenvalue weighted by atomic mass is 9.93. The summed E-state index contributed by atoms with van der Waals surface area (Å²) in [7, 11) is 1.75. The van der Waals surface area contributed by atoms with E-state index < -0.39 is 0 Å². The van der Waals surface area contributed by atoms with Crippen molar-refractivity contribution in [2.45, 2.75) is 18.8 Å². The Labute approximate surface area is 167 Å². The van der Waals surface area contributed by atoms with Gasteiger partial charge in [-0.1, -0.05) is 24.3 Å². The van der Waals surface area contributed by atoms with Crippen LogP contribution in [0.5, 0.6) is 0 Å². The molecule has 144 valence electrons. The molecule has 1 aromatic carbocycles. The average Bonchev–Trinajstić information content (AvgIpc) is 3.45. The molecule has 2 amide bonds. The van der Waals surface area contributed by atoms with E-state index in [4.69, 9.17) is 0 Å². The predicted molar refractivity (Wildman–Crippen MR) is 110 cm³/mol. The van der Waals surface area contributed by atoms with Crippen molar-refractivity contribution >= 4 is 28.8 Å². The molecule has 1 N–H and O–H groups in total. The standard InChI is InChI=1S/C21H22N4O2S/c1-24(16-6-3-2-4-7-16)20(26)18-14-17(22-23-18)15-9-11-25(12-10-15)21(27)19-8-5-13-28-19/h2-8,13-15H,9-12H2,1H3,(H,22,23). The second-order valence-electron chi connectivity index (χ2n) is 6.95. The molecule has 0 bridgehead atoms. The normalized spacial score (nSPS) is 14.8. The number of benzene rings is 1. The van der Waals surface area contributed by atoms with Gasteiger partial charge in [0, 0.05) is 37.4 Å². The molecule has 7 heteroatoms. The predicted octanol–water partition coefficient (Wildman–Crippen LogP) is 3.77. The van der Waals surface area contributed by atoms with E-state index in [9.17, 15) is 9.59 Å². The zero-order valence-corrected chi connectivity index (χ0v) is 16.5. The van der Waals surface area contributed by atoms with Crippen LogP contribution in [0.15, 0.2) is 53.9 Å². The molecular weight excluding hydrogens is 372 g/mol. The van der Waals surface area contributed by atoms with Gasteiger partial charge < -0.3 is 9.80 Å². The zero-order valence-electron chi connectivity index (χ0n) is 15.7. The van der Waals surface area contributed by atoms with E-state index in [0.717, 1.165) is 29.1 Å². The first-order valence-corrected chi connectivity index (χ1v) is 10.2. The summed E-state index contributed by atoms with van der Waals surface area (Å²) in [6, 6.07) is 15.1. The van der Waals surface area contributed by atoms with Crippen LogP contribution in [0, 0.1) is 0 Å². The van der Waals surface area contributed by atoms with E-state index in [2.05, 4.69) is 10.2 Å². The molecular formula is C21H22N4O2S. The van der Waals surface area contributed by atoms with Gasteiger partial charge in [0.05, 0.1) is 4.88 Å². The third-order valence-corrected chi connectivity index (χ3v) is 6.08. The minimum absolute atomic E-state index is 0.110. The van der Waals surface area contributed by atoms with Crippen LogP contribution in [0.1, 0.15) is 44.6 Å². The number of hydrogen-bond donors (Lipinski definition) is 1. The number of rotatable bonds is 4. The molecule has 28 heavy (non-hydrogen) atoms. The first-order valence-electron chi connectivity index (χ1n) is 9.34. The molecule has 1 fully saturated rings. The van der Waals surface area contributed by atoms with Crippen molar-refractivity contribution in [1.29, 1.82) is 0 Å². The van der Waals surface area contributed by atoms with Crippen LogP contribution in [0.2, 0.25) is 0 Å². The number of H-pyrrole nitrogens is 1. The molecule has 1 aliphatic rings. The van der Waals surface area contributed by atoms with Crippen molar-refractivity contribution in [1.82, 2.24) is 15.1 Å². The molecule has 3 aromatic rings. The minimum atomic E-state index is -0.140. The van der Waals surface area contributed by atoms with Crippen LogP contribution in [0.25, 0.3) is 0 Å². The molecule has 3 heterocycles. The van der Waals surface area contributed by atoms with Crippen LogP contribution in [0.3, 0.4) is 0 Å². The zero-order chi connectivity index (χ0) is 19.5. The Hall–Kier alpha value is -2.93. The number of thiophene rings is 1. The van der Waals surface area contributed by atoms with Gasteiger partial charge in [0.25, 0.3) is 11.8 Å². The Balaban J connectivity index is 1.39. The van der Waals surface area contributed by atoms with E-state index in [1.54, 1.807) is 11.9 Å². The van der Waals surface area contributed by atoms with Gasteiger partial charge in [-0.15, -0.1) is 11.3 Å². The Morgan fingerprint density at radius 2 is 1.89 bits per heavy atom. The molecule has 0 radical (unpaired) electrons. The third-order valence-electron chi connectivity index (χ3n) is 5.22. The fourth-order valence-corrected chi connectivity index (χ4v) is 4.24. The molecule has 0 spiro atoms. The summed E-state index contributed by atoms with van der Waals surface area (Å²) >= 11 is 1.48. The first-order chi connectivity index (χ1) is 13.6. The molecule has 4 rings (SSSR count). The van der Waals surface area contributed by atoms with Crippen LogP contribution in [-0.4, -0.2) is 47.0 Å². The van der Waals surface area contributed by atoms with Gasteiger partial charge in [-0.05, 0) is 42.5 Å². The van der Waals surface area contributed by atoms with Crippen molar-refractivity contribution in [3.8, 4) is 0 Å². The quantitative estimate of drug-likeness (QED) is 0.732. The summed E-state index contributed by atoms with van der Waals surface area (Å²) in [5.74, 6) is 0.251. The number of nitrogens with one attached hydrogen (secondary N) is 1. The topological polar surface area (TPSA) is 69.3 Å². The highest BCUT2D eigenvalue weighted by Gasteiger charge is 2.27. The van der Waals surface area contributed by atoms with Crippen LogP contribution < -0.4 is 4.90 Å². The van der Waals surface area contributed by atoms with Crippen LogP contribution in [0.4, 0.5) is 5.69 Å². The smallest absolute Gasteiger partial charge is 0.278 e. The van der Waals surface area contributed by atoms with E-state index in [-0.39, 0.29) is 17.7 Å². The maximum Gasteiger partial charge on any atom is 0.278 e. The van der Waals surface area contributed by atoms with Gasteiger partial charge in [0.2, 0.25) is 0 Å². The van der Waals surface area contributed by atoms with Gasteiger partial charge in [-0.25, -0.2) is 0 Å². The van der Waals surface area contributed by atoms with Crippen LogP contribution >= 0.6 is 11.3 Å². The number of anilines is 1. The second kappa shape index (κ2) is 7.98. The third kappa shape index (κ3) is 3.71. The maximum absolute atomic E-state index is 12.7. The highest BCUT2D eigenvalue weighted by molar-refractivity contribution is 7.12. The Morgan fingerprint density at radius 3 is 2.57 bits per heavy atom. The minimum Gasteiger partial charge on any atom is -0.338 e. The van der Waals surface area contributed by atoms with E-state index in [1.165, 1.54) is 11.3 Å². The summed E-state index contributed by atoms with van der Waals surface area (Å²) < 4.78 is 0. The number of aromatic amines is 1. The molecule has 0 saturated carbocycles. The molecule has 0 unspecified atom stereocenters. The number of piperidine rings is 1. The Morgan fingerprint density at radius 1 is 1.14 bits per heavy atom. The van der Waals surface area contributed by atoms with Gasteiger partial charge in [0.1, 0.15) is 0 Å². The molecule has 6 nitrogen and oxygen atoms in total. The lowest BCUT2D eigenvalue weighted by Crippen LogP contribution is -2.37. The summed E-state index contributed by atoms with van der Waals surface area (Å²) in [5, 5.41) is 9.20. The fraction of sp³-hybridized carbons (Fsp3) is 0.286. The Bertz CT molecular complexity index is 944. The number of amides is 2. The molecule has 0 aliphatic carbocycles. The number of para-hydroxylation sites is 1. The summed E-state index contributed by atoms with van der Waals surface area (Å²) in [6.07, 6.45) is 1.73. The Kier molecular flexibility index (Phi) is 5.25. The maximum atomic E-state index is 12.7. The molecule has 0 atom stereocenters. The molecule has 2 aromatic heterocycles. The summed E-state index contributed by atoms with van der Waals surface area (Å²) in [5.41, 5.74) is 2.21. The summed E-state index contributed by atoms with van der Waals surface area (Å²) in [6.45, 7) is 1.43. The second-order valence-corrected chi connectivity index (χ2v) is 7.90. The molecule has 1 aliphatic heterocycles. The molecule has 1 saturated heterocycles. The highest BCUT2D eigenvalue weighted by Crippen LogP contribution is 2.28. The van der Waals surface area contributed by atoms with Crippen molar-refractivity contribution in [3.05, 3.63) is 70.2 Å². The van der Waals surface area contributed by atoms with Gasteiger partial charge in [-0.3, -0.25) is 14.7 Å². The highest BCUT2D eigenvalue weighted by atomic mass is 32.1. The first kappa shape index (κ1) is 18.4. The van der Waals surface area contributed by atoms with Crippen LogP contribution in [-0.2, 0) is 0 Å². The van der Waals surface area contributed by atoms with Gasteiger partial charge >= 0.3 is 0 Å². The van der Waals surface area contributed by atoms with E-state index in [0.29, 0.717) is 18.8 Å². The lowest BCUT2D eigenvalue weighted by Gasteiger charge is -2.31. The van der Waals surface area contributed by atoms with Gasteiger partial charge in [-0.2, -0.15) is 5.10 Å². The van der Waals surface area contributed by atoms with E-state index >= 15 is 0 Å². The monoisotopic (exact) mass is 394 g/mol. The van der Waals surface area contributed by atoms with E-state index in [1.807, 2.05) is 58.8 Å². The van der Waals surface area contributed by atoms with Crippen molar-refractivity contribution in [3.63, 3.8) is 0 Å². The van der Waals surface area contributed by atoms with Crippen molar-refractivity contribution < 1.29 is 9.59 Å².